The highest BCUT2D eigenvalue weighted by Crippen LogP contribution is 2.45. The van der Waals surface area contributed by atoms with Crippen LogP contribution in [0.5, 0.6) is 0 Å². The summed E-state index contributed by atoms with van der Waals surface area (Å²) in [6.07, 6.45) is 64.6. The molecular weight excluding hydrogens is 1280 g/mol. The summed E-state index contributed by atoms with van der Waals surface area (Å²) < 4.78 is 68.6. The molecule has 98 heavy (non-hydrogen) atoms. The predicted molar refractivity (Wildman–Crippen MR) is 400 cm³/mol. The Kier molecular flexibility index (Phi) is 69.7. The van der Waals surface area contributed by atoms with Crippen molar-refractivity contribution in [1.29, 1.82) is 0 Å². The third-order valence-electron chi connectivity index (χ3n) is 18.3. The number of aliphatic hydroxyl groups excluding tert-OH is 1. The van der Waals surface area contributed by atoms with Gasteiger partial charge in [0.15, 0.2) is 12.2 Å². The minimum Gasteiger partial charge on any atom is -0.462 e. The first-order valence-electron chi connectivity index (χ1n) is 40.5. The van der Waals surface area contributed by atoms with Gasteiger partial charge in [-0.1, -0.05) is 341 Å². The summed E-state index contributed by atoms with van der Waals surface area (Å²) in [4.78, 5) is 72.9. The lowest BCUT2D eigenvalue weighted by atomic mass is 9.99. The fourth-order valence-corrected chi connectivity index (χ4v) is 13.2. The highest BCUT2D eigenvalue weighted by Gasteiger charge is 2.30. The van der Waals surface area contributed by atoms with E-state index in [4.69, 9.17) is 37.0 Å². The van der Waals surface area contributed by atoms with Gasteiger partial charge < -0.3 is 33.8 Å². The Morgan fingerprint density at radius 2 is 0.571 bits per heavy atom. The normalized spacial score (nSPS) is 14.3. The molecule has 0 rings (SSSR count). The highest BCUT2D eigenvalue weighted by atomic mass is 31.2. The zero-order valence-corrected chi connectivity index (χ0v) is 65.2. The van der Waals surface area contributed by atoms with Gasteiger partial charge >= 0.3 is 39.5 Å². The van der Waals surface area contributed by atoms with Gasteiger partial charge in [-0.3, -0.25) is 37.3 Å². The number of carbonyl (C=O) groups excluding carboxylic acids is 4. The molecule has 17 nitrogen and oxygen atoms in total. The molecule has 0 radical (unpaired) electrons. The SMILES string of the molecule is CCCCCC/C=C\C=C/CCCCCCCC(=O)OC[C@H](COP(=O)(O)OC[C@@H](O)COP(=O)(O)OC[C@@H](COC(=O)CCCCCCCCCCC)OC(=O)CCCCCCCCCCCCC(C)CC)OC(=O)CCCCCCCCCCCCCCCCCCCCCC. The standard InChI is InChI=1S/C79H150O17P2/c1-6-10-13-16-19-22-24-26-28-29-30-31-32-34-36-38-44-49-54-59-64-78(83)95-75(69-90-77(82)63-58-53-48-43-37-35-33-27-25-23-20-17-14-11-7-2)71-94-98(87,88)92-67-73(80)66-91-97(85,86)93-70-74(68-89-76(81)62-57-52-47-41-21-18-15-12-8-3)96-79(84)65-60-55-50-45-40-39-42-46-51-56-61-72(5)9-4/h23,25,27,33,72-75,80H,6-22,24,26,28-32,34-71H2,1-5H3,(H,85,86)(H,87,88)/b25-23-,33-27-/t72?,73-,74+,75+/m0/s1. The van der Waals surface area contributed by atoms with Crippen molar-refractivity contribution in [3.8, 4) is 0 Å². The maximum atomic E-state index is 13.1. The molecule has 0 aliphatic rings. The first-order chi connectivity index (χ1) is 47.6. The summed E-state index contributed by atoms with van der Waals surface area (Å²) in [7, 11) is -9.92. The van der Waals surface area contributed by atoms with Crippen LogP contribution in [-0.2, 0) is 65.4 Å². The van der Waals surface area contributed by atoms with Crippen LogP contribution in [0.2, 0.25) is 0 Å². The van der Waals surface area contributed by atoms with E-state index in [1.54, 1.807) is 0 Å². The molecule has 19 heteroatoms. The Morgan fingerprint density at radius 3 is 0.867 bits per heavy atom. The molecule has 0 saturated heterocycles. The van der Waals surface area contributed by atoms with E-state index in [0.29, 0.717) is 25.7 Å². The minimum absolute atomic E-state index is 0.102. The van der Waals surface area contributed by atoms with Gasteiger partial charge in [-0.25, -0.2) is 9.13 Å². The Morgan fingerprint density at radius 1 is 0.327 bits per heavy atom. The van der Waals surface area contributed by atoms with Gasteiger partial charge in [-0.05, 0) is 57.3 Å². The van der Waals surface area contributed by atoms with Crippen molar-refractivity contribution < 1.29 is 80.2 Å². The number of allylic oxidation sites excluding steroid dienone is 4. The van der Waals surface area contributed by atoms with Crippen LogP contribution in [0, 0.1) is 5.92 Å². The zero-order chi connectivity index (χ0) is 71.9. The number of hydrogen-bond donors (Lipinski definition) is 3. The molecule has 0 aromatic heterocycles. The van der Waals surface area contributed by atoms with E-state index >= 15 is 0 Å². The quantitative estimate of drug-likeness (QED) is 0.0169. The van der Waals surface area contributed by atoms with Gasteiger partial charge in [0.25, 0.3) is 0 Å². The third kappa shape index (κ3) is 70.6. The van der Waals surface area contributed by atoms with E-state index in [-0.39, 0.29) is 25.7 Å². The first-order valence-corrected chi connectivity index (χ1v) is 43.5. The fraction of sp³-hybridized carbons (Fsp3) is 0.899. The molecule has 0 saturated carbocycles. The number of aliphatic hydroxyl groups is 1. The van der Waals surface area contributed by atoms with E-state index in [2.05, 4.69) is 58.9 Å². The van der Waals surface area contributed by atoms with Gasteiger partial charge in [-0.2, -0.15) is 0 Å². The molecule has 0 aliphatic carbocycles. The predicted octanol–water partition coefficient (Wildman–Crippen LogP) is 23.2. The summed E-state index contributed by atoms with van der Waals surface area (Å²) in [6, 6.07) is 0. The lowest BCUT2D eigenvalue weighted by molar-refractivity contribution is -0.161. The molecule has 0 aromatic carbocycles. The number of ether oxygens (including phenoxy) is 4. The van der Waals surface area contributed by atoms with Gasteiger partial charge in [0.1, 0.15) is 19.3 Å². The van der Waals surface area contributed by atoms with E-state index < -0.39 is 97.5 Å². The van der Waals surface area contributed by atoms with Gasteiger partial charge in [-0.15, -0.1) is 0 Å². The van der Waals surface area contributed by atoms with Crippen LogP contribution in [-0.4, -0.2) is 96.7 Å². The highest BCUT2D eigenvalue weighted by molar-refractivity contribution is 7.47. The van der Waals surface area contributed by atoms with E-state index in [1.807, 2.05) is 0 Å². The Balaban J connectivity index is 5.25. The van der Waals surface area contributed by atoms with Crippen molar-refractivity contribution in [3.63, 3.8) is 0 Å². The number of hydrogen-bond acceptors (Lipinski definition) is 15. The van der Waals surface area contributed by atoms with Gasteiger partial charge in [0.05, 0.1) is 26.4 Å². The molecule has 0 spiro atoms. The topological polar surface area (TPSA) is 237 Å². The van der Waals surface area contributed by atoms with Crippen LogP contribution < -0.4 is 0 Å². The third-order valence-corrected chi connectivity index (χ3v) is 20.2. The second-order valence-electron chi connectivity index (χ2n) is 28.0. The number of esters is 4. The first kappa shape index (κ1) is 95.5. The number of carbonyl (C=O) groups is 4. The van der Waals surface area contributed by atoms with Crippen molar-refractivity contribution >= 4 is 39.5 Å². The molecular formula is C79H150O17P2. The van der Waals surface area contributed by atoms with Crippen LogP contribution in [0.25, 0.3) is 0 Å². The van der Waals surface area contributed by atoms with Gasteiger partial charge in [0.2, 0.25) is 0 Å². The monoisotopic (exact) mass is 1430 g/mol. The number of unbranched alkanes of at least 4 members (excludes halogenated alkanes) is 45. The molecule has 0 bridgehead atoms. The summed E-state index contributed by atoms with van der Waals surface area (Å²) in [5.74, 6) is -1.34. The molecule has 6 atom stereocenters. The van der Waals surface area contributed by atoms with Crippen molar-refractivity contribution in [2.24, 2.45) is 5.92 Å². The van der Waals surface area contributed by atoms with E-state index in [9.17, 15) is 43.2 Å². The minimum atomic E-state index is -4.97. The maximum Gasteiger partial charge on any atom is 0.472 e. The van der Waals surface area contributed by atoms with E-state index in [0.717, 1.165) is 115 Å². The van der Waals surface area contributed by atoms with Gasteiger partial charge in [0, 0.05) is 25.7 Å². The van der Waals surface area contributed by atoms with Crippen molar-refractivity contribution in [2.75, 3.05) is 39.6 Å². The summed E-state index contributed by atoms with van der Waals surface area (Å²) in [6.45, 7) is 7.25. The average molecular weight is 1430 g/mol. The number of phosphoric ester groups is 2. The zero-order valence-electron chi connectivity index (χ0n) is 63.4. The molecule has 3 N–H and O–H groups in total. The summed E-state index contributed by atoms with van der Waals surface area (Å²) >= 11 is 0. The smallest absolute Gasteiger partial charge is 0.462 e. The molecule has 0 aromatic rings. The summed E-state index contributed by atoms with van der Waals surface area (Å²) in [5.41, 5.74) is 0. The molecule has 0 amide bonds. The largest absolute Gasteiger partial charge is 0.472 e. The molecule has 0 fully saturated rings. The molecule has 0 aliphatic heterocycles. The van der Waals surface area contributed by atoms with Crippen molar-refractivity contribution in [3.05, 3.63) is 24.3 Å². The maximum absolute atomic E-state index is 13.1. The van der Waals surface area contributed by atoms with Crippen LogP contribution in [0.15, 0.2) is 24.3 Å². The van der Waals surface area contributed by atoms with Crippen molar-refractivity contribution in [1.82, 2.24) is 0 Å². The second-order valence-corrected chi connectivity index (χ2v) is 30.9. The van der Waals surface area contributed by atoms with Crippen LogP contribution in [0.4, 0.5) is 0 Å². The molecule has 3 unspecified atom stereocenters. The van der Waals surface area contributed by atoms with E-state index in [1.165, 1.54) is 199 Å². The second kappa shape index (κ2) is 71.5. The molecule has 0 heterocycles. The lowest BCUT2D eigenvalue weighted by Crippen LogP contribution is -2.30. The van der Waals surface area contributed by atoms with Crippen LogP contribution >= 0.6 is 15.6 Å². The average Bonchev–Trinajstić information content (AvgIpc) is 0.994. The number of phosphoric acid groups is 2. The Bertz CT molecular complexity index is 1970. The van der Waals surface area contributed by atoms with Crippen LogP contribution in [0.3, 0.4) is 0 Å². The van der Waals surface area contributed by atoms with Crippen molar-refractivity contribution in [2.45, 2.75) is 412 Å². The number of rotatable bonds is 77. The Labute approximate surface area is 599 Å². The summed E-state index contributed by atoms with van der Waals surface area (Å²) in [5, 5.41) is 10.6. The van der Waals surface area contributed by atoms with Crippen LogP contribution in [0.1, 0.15) is 394 Å². The fourth-order valence-electron chi connectivity index (χ4n) is 11.7. The molecule has 578 valence electrons. The lowest BCUT2D eigenvalue weighted by Gasteiger charge is -2.21. The Hall–Kier alpha value is -2.46.